The van der Waals surface area contributed by atoms with E-state index in [0.717, 1.165) is 38.3 Å². The molecule has 0 bridgehead atoms. The molecule has 2 N–H and O–H groups in total. The van der Waals surface area contributed by atoms with Crippen molar-refractivity contribution in [3.63, 3.8) is 0 Å². The van der Waals surface area contributed by atoms with Crippen LogP contribution in [0.5, 0.6) is 5.75 Å². The molecule has 1 saturated heterocycles. The lowest BCUT2D eigenvalue weighted by Crippen LogP contribution is -2.42. The van der Waals surface area contributed by atoms with Crippen molar-refractivity contribution >= 4 is 0 Å². The minimum Gasteiger partial charge on any atom is -0.508 e. The predicted molar refractivity (Wildman–Crippen MR) is 61.0 cm³/mol. The van der Waals surface area contributed by atoms with Crippen molar-refractivity contribution in [3.8, 4) is 5.75 Å². The van der Waals surface area contributed by atoms with Crippen molar-refractivity contribution in [1.82, 2.24) is 10.2 Å². The van der Waals surface area contributed by atoms with Gasteiger partial charge in [-0.3, -0.25) is 4.90 Å². The second-order valence-electron chi connectivity index (χ2n) is 4.15. The summed E-state index contributed by atoms with van der Waals surface area (Å²) in [5, 5.41) is 12.9. The molecule has 1 heterocycles. The van der Waals surface area contributed by atoms with Gasteiger partial charge in [-0.15, -0.1) is 0 Å². The van der Waals surface area contributed by atoms with Gasteiger partial charge in [-0.1, -0.05) is 12.1 Å². The van der Waals surface area contributed by atoms with Crippen molar-refractivity contribution in [1.29, 1.82) is 0 Å². The van der Waals surface area contributed by atoms with Gasteiger partial charge >= 0.3 is 0 Å². The number of hydrogen-bond donors (Lipinski definition) is 2. The van der Waals surface area contributed by atoms with Gasteiger partial charge in [-0.25, -0.2) is 0 Å². The Morgan fingerprint density at radius 2 is 2.07 bits per heavy atom. The molecular weight excluding hydrogens is 188 g/mol. The molecule has 1 aromatic rings. The Labute approximate surface area is 90.7 Å². The molecule has 1 aromatic carbocycles. The minimum absolute atomic E-state index is 0.405. The molecule has 0 saturated carbocycles. The number of aryl methyl sites for hydroxylation is 1. The van der Waals surface area contributed by atoms with Crippen LogP contribution in [0.1, 0.15) is 11.1 Å². The van der Waals surface area contributed by atoms with Crippen LogP contribution in [0.25, 0.3) is 0 Å². The maximum Gasteiger partial charge on any atom is 0.118 e. The van der Waals surface area contributed by atoms with E-state index in [2.05, 4.69) is 16.3 Å². The number of aromatic hydroxyl groups is 1. The molecule has 2 rings (SSSR count). The quantitative estimate of drug-likeness (QED) is 0.761. The molecule has 0 atom stereocenters. The van der Waals surface area contributed by atoms with Gasteiger partial charge in [-0.05, 0) is 24.1 Å². The summed E-state index contributed by atoms with van der Waals surface area (Å²) in [6.45, 7) is 7.18. The van der Waals surface area contributed by atoms with Gasteiger partial charge < -0.3 is 10.4 Å². The Kier molecular flexibility index (Phi) is 3.23. The highest BCUT2D eigenvalue weighted by Gasteiger charge is 2.10. The average Bonchev–Trinajstić information content (AvgIpc) is 2.25. The summed E-state index contributed by atoms with van der Waals surface area (Å²) in [5.74, 6) is 0.405. The van der Waals surface area contributed by atoms with E-state index in [1.165, 1.54) is 5.56 Å². The second kappa shape index (κ2) is 4.64. The summed E-state index contributed by atoms with van der Waals surface area (Å²) in [5.41, 5.74) is 2.14. The largest absolute Gasteiger partial charge is 0.508 e. The van der Waals surface area contributed by atoms with E-state index >= 15 is 0 Å². The molecule has 0 aromatic heterocycles. The first kappa shape index (κ1) is 10.5. The SMILES string of the molecule is Cc1ccc(CN2CCNCC2)cc1O. The van der Waals surface area contributed by atoms with Crippen LogP contribution in [-0.2, 0) is 6.54 Å². The van der Waals surface area contributed by atoms with E-state index in [1.807, 2.05) is 19.1 Å². The lowest BCUT2D eigenvalue weighted by atomic mass is 10.1. The zero-order valence-corrected chi connectivity index (χ0v) is 9.16. The molecule has 15 heavy (non-hydrogen) atoms. The number of piperazine rings is 1. The highest BCUT2D eigenvalue weighted by atomic mass is 16.3. The van der Waals surface area contributed by atoms with Crippen LogP contribution < -0.4 is 5.32 Å². The van der Waals surface area contributed by atoms with E-state index in [9.17, 15) is 5.11 Å². The number of phenolic OH excluding ortho intramolecular Hbond substituents is 1. The zero-order chi connectivity index (χ0) is 10.7. The van der Waals surface area contributed by atoms with E-state index in [1.54, 1.807) is 0 Å². The Morgan fingerprint density at radius 1 is 1.33 bits per heavy atom. The van der Waals surface area contributed by atoms with Gasteiger partial charge in [0, 0.05) is 32.7 Å². The molecule has 1 fully saturated rings. The van der Waals surface area contributed by atoms with Gasteiger partial charge in [0.25, 0.3) is 0 Å². The summed E-state index contributed by atoms with van der Waals surface area (Å²) >= 11 is 0. The van der Waals surface area contributed by atoms with Crippen LogP contribution >= 0.6 is 0 Å². The molecule has 0 radical (unpaired) electrons. The molecule has 3 nitrogen and oxygen atoms in total. The minimum atomic E-state index is 0.405. The van der Waals surface area contributed by atoms with Gasteiger partial charge in [0.1, 0.15) is 5.75 Å². The second-order valence-corrected chi connectivity index (χ2v) is 4.15. The van der Waals surface area contributed by atoms with Gasteiger partial charge in [0.15, 0.2) is 0 Å². The van der Waals surface area contributed by atoms with Crippen LogP contribution in [0.15, 0.2) is 18.2 Å². The molecule has 82 valence electrons. The Bertz CT molecular complexity index is 332. The molecule has 0 aliphatic carbocycles. The van der Waals surface area contributed by atoms with Crippen molar-refractivity contribution in [2.45, 2.75) is 13.5 Å². The van der Waals surface area contributed by atoms with Gasteiger partial charge in [-0.2, -0.15) is 0 Å². The Balaban J connectivity index is 2.00. The lowest BCUT2D eigenvalue weighted by molar-refractivity contribution is 0.233. The van der Waals surface area contributed by atoms with Crippen molar-refractivity contribution < 1.29 is 5.11 Å². The lowest BCUT2D eigenvalue weighted by Gasteiger charge is -2.27. The van der Waals surface area contributed by atoms with Crippen LogP contribution in [0.3, 0.4) is 0 Å². The first-order valence-electron chi connectivity index (χ1n) is 5.47. The van der Waals surface area contributed by atoms with Crippen molar-refractivity contribution in [3.05, 3.63) is 29.3 Å². The fourth-order valence-electron chi connectivity index (χ4n) is 1.88. The maximum absolute atomic E-state index is 9.60. The molecular formula is C12H18N2O. The number of benzene rings is 1. The van der Waals surface area contributed by atoms with Crippen LogP contribution in [0.2, 0.25) is 0 Å². The third-order valence-electron chi connectivity index (χ3n) is 2.89. The number of phenols is 1. The van der Waals surface area contributed by atoms with E-state index in [0.29, 0.717) is 5.75 Å². The number of rotatable bonds is 2. The highest BCUT2D eigenvalue weighted by molar-refractivity contribution is 5.35. The Morgan fingerprint density at radius 3 is 2.73 bits per heavy atom. The fraction of sp³-hybridized carbons (Fsp3) is 0.500. The molecule has 1 aliphatic rings. The highest BCUT2D eigenvalue weighted by Crippen LogP contribution is 2.18. The van der Waals surface area contributed by atoms with Gasteiger partial charge in [0.05, 0.1) is 0 Å². The van der Waals surface area contributed by atoms with E-state index in [4.69, 9.17) is 0 Å². The standard InChI is InChI=1S/C12H18N2O/c1-10-2-3-11(8-12(10)15)9-14-6-4-13-5-7-14/h2-3,8,13,15H,4-7,9H2,1H3. The van der Waals surface area contributed by atoms with E-state index < -0.39 is 0 Å². The first-order valence-corrected chi connectivity index (χ1v) is 5.47. The van der Waals surface area contributed by atoms with E-state index in [-0.39, 0.29) is 0 Å². The summed E-state index contributed by atoms with van der Waals surface area (Å²) in [6, 6.07) is 5.95. The smallest absolute Gasteiger partial charge is 0.118 e. The summed E-state index contributed by atoms with van der Waals surface area (Å²) < 4.78 is 0. The number of hydrogen-bond acceptors (Lipinski definition) is 3. The maximum atomic E-state index is 9.60. The van der Waals surface area contributed by atoms with Crippen LogP contribution in [0, 0.1) is 6.92 Å². The average molecular weight is 206 g/mol. The molecule has 0 amide bonds. The Hall–Kier alpha value is -1.06. The van der Waals surface area contributed by atoms with Crippen molar-refractivity contribution in [2.24, 2.45) is 0 Å². The van der Waals surface area contributed by atoms with Crippen molar-refractivity contribution in [2.75, 3.05) is 26.2 Å². The zero-order valence-electron chi connectivity index (χ0n) is 9.16. The predicted octanol–water partition coefficient (Wildman–Crippen LogP) is 1.11. The molecule has 1 aliphatic heterocycles. The number of nitrogens with one attached hydrogen (secondary N) is 1. The third-order valence-corrected chi connectivity index (χ3v) is 2.89. The van der Waals surface area contributed by atoms with Gasteiger partial charge in [0.2, 0.25) is 0 Å². The normalized spacial score (nSPS) is 17.9. The van der Waals surface area contributed by atoms with Crippen LogP contribution in [-0.4, -0.2) is 36.2 Å². The topological polar surface area (TPSA) is 35.5 Å². The summed E-state index contributed by atoms with van der Waals surface area (Å²) in [7, 11) is 0. The monoisotopic (exact) mass is 206 g/mol. The molecule has 0 unspecified atom stereocenters. The molecule has 0 spiro atoms. The third kappa shape index (κ3) is 2.70. The first-order chi connectivity index (χ1) is 7.25. The summed E-state index contributed by atoms with van der Waals surface area (Å²) in [6.07, 6.45) is 0. The fourth-order valence-corrected chi connectivity index (χ4v) is 1.88. The summed E-state index contributed by atoms with van der Waals surface area (Å²) in [4.78, 5) is 2.40. The van der Waals surface area contributed by atoms with Crippen LogP contribution in [0.4, 0.5) is 0 Å². The number of nitrogens with zero attached hydrogens (tertiary/aromatic N) is 1. The molecule has 3 heteroatoms.